The molecule has 0 aliphatic carbocycles. The topological polar surface area (TPSA) is 52.5 Å². The van der Waals surface area contributed by atoms with Gasteiger partial charge in [-0.15, -0.1) is 0 Å². The summed E-state index contributed by atoms with van der Waals surface area (Å²) in [5, 5.41) is 23.9. The number of aliphatic hydroxyl groups is 2. The van der Waals surface area contributed by atoms with E-state index in [0.29, 0.717) is 13.0 Å². The molecule has 3 heteroatoms. The van der Waals surface area contributed by atoms with E-state index in [1.165, 1.54) is 0 Å². The van der Waals surface area contributed by atoms with E-state index >= 15 is 0 Å². The van der Waals surface area contributed by atoms with Crippen LogP contribution in [0, 0.1) is 0 Å². The number of rotatable bonds is 1. The van der Waals surface area contributed by atoms with Crippen molar-refractivity contribution in [1.29, 1.82) is 0 Å². The third kappa shape index (κ3) is 1.67. The monoisotopic (exact) mass is 207 g/mol. The van der Waals surface area contributed by atoms with Crippen molar-refractivity contribution in [2.24, 2.45) is 0 Å². The molecule has 1 aliphatic rings. The molecule has 0 unspecified atom stereocenters. The zero-order chi connectivity index (χ0) is 10.9. The molecule has 3 nitrogen and oxygen atoms in total. The molecule has 82 valence electrons. The van der Waals surface area contributed by atoms with Crippen LogP contribution >= 0.6 is 0 Å². The summed E-state index contributed by atoms with van der Waals surface area (Å²) in [6.07, 6.45) is 0.554. The summed E-state index contributed by atoms with van der Waals surface area (Å²) in [6, 6.07) is 9.34. The van der Waals surface area contributed by atoms with Gasteiger partial charge < -0.3 is 15.5 Å². The number of piperidine rings is 1. The van der Waals surface area contributed by atoms with E-state index in [1.54, 1.807) is 6.92 Å². The number of benzene rings is 1. The molecule has 1 heterocycles. The lowest BCUT2D eigenvalue weighted by atomic mass is 9.74. The highest BCUT2D eigenvalue weighted by molar-refractivity contribution is 5.27. The zero-order valence-corrected chi connectivity index (χ0v) is 8.90. The van der Waals surface area contributed by atoms with E-state index in [-0.39, 0.29) is 0 Å². The summed E-state index contributed by atoms with van der Waals surface area (Å²) in [5.41, 5.74) is -1.49. The molecule has 15 heavy (non-hydrogen) atoms. The fourth-order valence-electron chi connectivity index (χ4n) is 2.13. The van der Waals surface area contributed by atoms with Crippen molar-refractivity contribution in [2.45, 2.75) is 24.5 Å². The van der Waals surface area contributed by atoms with Gasteiger partial charge in [0.05, 0.1) is 5.60 Å². The van der Waals surface area contributed by atoms with Crippen LogP contribution in [-0.4, -0.2) is 28.9 Å². The molecule has 1 aromatic carbocycles. The largest absolute Gasteiger partial charge is 0.387 e. The van der Waals surface area contributed by atoms with Gasteiger partial charge in [0.2, 0.25) is 0 Å². The minimum Gasteiger partial charge on any atom is -0.387 e. The maximum Gasteiger partial charge on any atom is 0.130 e. The smallest absolute Gasteiger partial charge is 0.130 e. The van der Waals surface area contributed by atoms with Crippen molar-refractivity contribution < 1.29 is 10.2 Å². The van der Waals surface area contributed by atoms with Crippen LogP contribution in [-0.2, 0) is 5.60 Å². The second-order valence-corrected chi connectivity index (χ2v) is 4.43. The van der Waals surface area contributed by atoms with E-state index in [0.717, 1.165) is 12.1 Å². The molecular formula is C12H17NO2. The fourth-order valence-corrected chi connectivity index (χ4v) is 2.13. The van der Waals surface area contributed by atoms with Gasteiger partial charge in [0.25, 0.3) is 0 Å². The van der Waals surface area contributed by atoms with Crippen LogP contribution in [0.5, 0.6) is 0 Å². The molecule has 0 bridgehead atoms. The third-order valence-electron chi connectivity index (χ3n) is 3.31. The first-order valence-electron chi connectivity index (χ1n) is 5.27. The second-order valence-electron chi connectivity index (χ2n) is 4.43. The van der Waals surface area contributed by atoms with Crippen molar-refractivity contribution in [2.75, 3.05) is 13.1 Å². The summed E-state index contributed by atoms with van der Waals surface area (Å²) < 4.78 is 0. The van der Waals surface area contributed by atoms with Gasteiger partial charge in [-0.2, -0.15) is 0 Å². The van der Waals surface area contributed by atoms with Crippen molar-refractivity contribution in [3.63, 3.8) is 0 Å². The summed E-state index contributed by atoms with van der Waals surface area (Å²) in [6.45, 7) is 2.83. The van der Waals surface area contributed by atoms with Crippen LogP contribution in [0.3, 0.4) is 0 Å². The van der Waals surface area contributed by atoms with E-state index in [4.69, 9.17) is 0 Å². The number of nitrogens with one attached hydrogen (secondary N) is 1. The Kier molecular flexibility index (Phi) is 2.54. The Hall–Kier alpha value is -0.900. The Bertz CT molecular complexity index is 337. The molecule has 2 rings (SSSR count). The first-order chi connectivity index (χ1) is 7.06. The van der Waals surface area contributed by atoms with Gasteiger partial charge in [-0.3, -0.25) is 0 Å². The van der Waals surface area contributed by atoms with E-state index in [2.05, 4.69) is 5.32 Å². The van der Waals surface area contributed by atoms with Crippen molar-refractivity contribution in [1.82, 2.24) is 5.32 Å². The van der Waals surface area contributed by atoms with Gasteiger partial charge in [0.15, 0.2) is 0 Å². The molecule has 1 aromatic rings. The molecule has 0 aromatic heterocycles. The first kappa shape index (κ1) is 10.6. The minimum absolute atomic E-state index is 0.393. The minimum atomic E-state index is -1.19. The van der Waals surface area contributed by atoms with Crippen LogP contribution in [0.25, 0.3) is 0 Å². The number of hydrogen-bond acceptors (Lipinski definition) is 3. The Labute approximate surface area is 89.8 Å². The molecule has 1 aliphatic heterocycles. The maximum atomic E-state index is 10.6. The van der Waals surface area contributed by atoms with Gasteiger partial charge >= 0.3 is 0 Å². The molecule has 0 saturated carbocycles. The summed E-state index contributed by atoms with van der Waals surface area (Å²) >= 11 is 0. The lowest BCUT2D eigenvalue weighted by Crippen LogP contribution is -2.60. The highest BCUT2D eigenvalue weighted by Crippen LogP contribution is 2.36. The van der Waals surface area contributed by atoms with Crippen LogP contribution in [0.1, 0.15) is 18.9 Å². The fraction of sp³-hybridized carbons (Fsp3) is 0.500. The van der Waals surface area contributed by atoms with Crippen molar-refractivity contribution in [3.8, 4) is 0 Å². The Morgan fingerprint density at radius 3 is 2.47 bits per heavy atom. The Morgan fingerprint density at radius 2 is 1.87 bits per heavy atom. The maximum absolute atomic E-state index is 10.6. The molecule has 0 amide bonds. The molecule has 0 radical (unpaired) electrons. The standard InChI is InChI=1S/C12H17NO2/c1-11(14)7-8-13-9-12(11,15)10-5-3-2-4-6-10/h2-6,13-15H,7-9H2,1H3/t11-,12-/m0/s1. The van der Waals surface area contributed by atoms with Crippen LogP contribution in [0.2, 0.25) is 0 Å². The summed E-state index contributed by atoms with van der Waals surface area (Å²) in [5.74, 6) is 0. The van der Waals surface area contributed by atoms with Gasteiger partial charge in [0, 0.05) is 6.54 Å². The average Bonchev–Trinajstić information content (AvgIpc) is 2.24. The summed E-state index contributed by atoms with van der Waals surface area (Å²) in [7, 11) is 0. The van der Waals surface area contributed by atoms with E-state index < -0.39 is 11.2 Å². The van der Waals surface area contributed by atoms with Crippen molar-refractivity contribution in [3.05, 3.63) is 35.9 Å². The number of hydrogen-bond donors (Lipinski definition) is 3. The van der Waals surface area contributed by atoms with Gasteiger partial charge in [-0.05, 0) is 25.5 Å². The molecular weight excluding hydrogens is 190 g/mol. The van der Waals surface area contributed by atoms with Gasteiger partial charge in [0.1, 0.15) is 5.60 Å². The normalized spacial score (nSPS) is 36.5. The predicted octanol–water partition coefficient (Wildman–Crippen LogP) is 0.618. The average molecular weight is 207 g/mol. The zero-order valence-electron chi connectivity index (χ0n) is 8.90. The van der Waals surface area contributed by atoms with Crippen LogP contribution in [0.4, 0.5) is 0 Å². The van der Waals surface area contributed by atoms with Crippen LogP contribution < -0.4 is 5.32 Å². The second kappa shape index (κ2) is 3.59. The molecule has 1 fully saturated rings. The van der Waals surface area contributed by atoms with E-state index in [1.807, 2.05) is 30.3 Å². The highest BCUT2D eigenvalue weighted by Gasteiger charge is 2.48. The van der Waals surface area contributed by atoms with Crippen molar-refractivity contribution >= 4 is 0 Å². The highest BCUT2D eigenvalue weighted by atomic mass is 16.4. The molecule has 1 saturated heterocycles. The van der Waals surface area contributed by atoms with Crippen LogP contribution in [0.15, 0.2) is 30.3 Å². The lowest BCUT2D eigenvalue weighted by Gasteiger charge is -2.45. The SMILES string of the molecule is C[C@]1(O)CCNC[C@]1(O)c1ccccc1. The summed E-state index contributed by atoms with van der Waals surface area (Å²) in [4.78, 5) is 0. The predicted molar refractivity (Wildman–Crippen MR) is 58.4 cm³/mol. The quantitative estimate of drug-likeness (QED) is 0.632. The van der Waals surface area contributed by atoms with Gasteiger partial charge in [-0.25, -0.2) is 0 Å². The van der Waals surface area contributed by atoms with E-state index in [9.17, 15) is 10.2 Å². The Morgan fingerprint density at radius 1 is 1.20 bits per heavy atom. The first-order valence-corrected chi connectivity index (χ1v) is 5.27. The Balaban J connectivity index is 2.40. The molecule has 2 atom stereocenters. The number of β-amino-alcohol motifs (C(OH)–C–C–N with tert-alkyl or cyclic N) is 1. The lowest BCUT2D eigenvalue weighted by molar-refractivity contribution is -0.162. The third-order valence-corrected chi connectivity index (χ3v) is 3.31. The molecule has 0 spiro atoms. The van der Waals surface area contributed by atoms with Gasteiger partial charge in [-0.1, -0.05) is 30.3 Å². The molecule has 3 N–H and O–H groups in total.